The van der Waals surface area contributed by atoms with Crippen LogP contribution in [-0.4, -0.2) is 12.5 Å². The summed E-state index contributed by atoms with van der Waals surface area (Å²) in [5, 5.41) is 5.32. The van der Waals surface area contributed by atoms with Gasteiger partial charge in [-0.05, 0) is 73.6 Å². The third-order valence-corrected chi connectivity index (χ3v) is 6.72. The van der Waals surface area contributed by atoms with E-state index in [0.29, 0.717) is 23.7 Å². The standard InChI is InChI=1S/C17H23NOS/c19-17(18-4-3-15-2-1-5-20-15)16-13-7-11-6-12(9-13)10-14(16)8-11/h1-2,5,11-14,16H,3-4,6-10H2,(H,18,19). The van der Waals surface area contributed by atoms with Gasteiger partial charge in [-0.15, -0.1) is 11.3 Å². The average Bonchev–Trinajstić information content (AvgIpc) is 2.90. The molecule has 1 aromatic heterocycles. The number of hydrogen-bond acceptors (Lipinski definition) is 2. The predicted octanol–water partition coefficient (Wildman–Crippen LogP) is 3.48. The van der Waals surface area contributed by atoms with E-state index >= 15 is 0 Å². The molecule has 1 amide bonds. The Morgan fingerprint density at radius 3 is 2.45 bits per heavy atom. The second kappa shape index (κ2) is 5.18. The molecule has 4 fully saturated rings. The van der Waals surface area contributed by atoms with Crippen LogP contribution >= 0.6 is 11.3 Å². The Labute approximate surface area is 125 Å². The van der Waals surface area contributed by atoms with E-state index < -0.39 is 0 Å². The van der Waals surface area contributed by atoms with Crippen LogP contribution in [0.2, 0.25) is 0 Å². The topological polar surface area (TPSA) is 29.1 Å². The lowest BCUT2D eigenvalue weighted by atomic mass is 9.51. The van der Waals surface area contributed by atoms with Crippen LogP contribution in [0.4, 0.5) is 0 Å². The van der Waals surface area contributed by atoms with Crippen LogP contribution < -0.4 is 5.32 Å². The number of carbonyl (C=O) groups is 1. The van der Waals surface area contributed by atoms with E-state index in [0.717, 1.165) is 24.8 Å². The molecule has 0 atom stereocenters. The fourth-order valence-corrected chi connectivity index (χ4v) is 5.94. The molecule has 0 radical (unpaired) electrons. The number of carbonyl (C=O) groups excluding carboxylic acids is 1. The van der Waals surface area contributed by atoms with Crippen LogP contribution in [0.25, 0.3) is 0 Å². The maximum atomic E-state index is 12.6. The molecular weight excluding hydrogens is 266 g/mol. The monoisotopic (exact) mass is 289 g/mol. The van der Waals surface area contributed by atoms with Crippen molar-refractivity contribution in [2.45, 2.75) is 38.5 Å². The van der Waals surface area contributed by atoms with Gasteiger partial charge in [0.2, 0.25) is 5.91 Å². The Bertz CT molecular complexity index is 453. The summed E-state index contributed by atoms with van der Waals surface area (Å²) in [7, 11) is 0. The molecule has 1 N–H and O–H groups in total. The maximum absolute atomic E-state index is 12.6. The average molecular weight is 289 g/mol. The van der Waals surface area contributed by atoms with Crippen molar-refractivity contribution in [3.05, 3.63) is 22.4 Å². The summed E-state index contributed by atoms with van der Waals surface area (Å²) in [6.45, 7) is 0.808. The minimum Gasteiger partial charge on any atom is -0.355 e. The molecule has 0 saturated heterocycles. The zero-order valence-electron chi connectivity index (χ0n) is 11.9. The van der Waals surface area contributed by atoms with Gasteiger partial charge in [0.15, 0.2) is 0 Å². The summed E-state index contributed by atoms with van der Waals surface area (Å²) >= 11 is 1.78. The van der Waals surface area contributed by atoms with E-state index in [-0.39, 0.29) is 0 Å². The van der Waals surface area contributed by atoms with Crippen LogP contribution in [0.1, 0.15) is 37.0 Å². The summed E-state index contributed by atoms with van der Waals surface area (Å²) in [5.41, 5.74) is 0. The zero-order valence-corrected chi connectivity index (χ0v) is 12.7. The normalized spacial score (nSPS) is 38.1. The second-order valence-electron chi connectivity index (χ2n) is 7.08. The molecule has 0 spiro atoms. The quantitative estimate of drug-likeness (QED) is 0.903. The van der Waals surface area contributed by atoms with Crippen molar-refractivity contribution in [2.24, 2.45) is 29.6 Å². The molecule has 108 valence electrons. The van der Waals surface area contributed by atoms with Crippen LogP contribution in [0, 0.1) is 29.6 Å². The highest BCUT2D eigenvalue weighted by Crippen LogP contribution is 2.56. The maximum Gasteiger partial charge on any atom is 0.223 e. The van der Waals surface area contributed by atoms with Gasteiger partial charge in [0, 0.05) is 17.3 Å². The molecule has 1 heterocycles. The van der Waals surface area contributed by atoms with Gasteiger partial charge in [-0.25, -0.2) is 0 Å². The van der Waals surface area contributed by atoms with Gasteiger partial charge in [0.25, 0.3) is 0 Å². The van der Waals surface area contributed by atoms with Crippen molar-refractivity contribution in [3.8, 4) is 0 Å². The molecule has 1 aromatic rings. The first-order valence-electron chi connectivity index (χ1n) is 8.09. The van der Waals surface area contributed by atoms with Crippen molar-refractivity contribution in [3.63, 3.8) is 0 Å². The third-order valence-electron chi connectivity index (χ3n) is 5.78. The highest BCUT2D eigenvalue weighted by molar-refractivity contribution is 7.09. The number of hydrogen-bond donors (Lipinski definition) is 1. The van der Waals surface area contributed by atoms with Crippen LogP contribution in [0.3, 0.4) is 0 Å². The molecule has 4 saturated carbocycles. The van der Waals surface area contributed by atoms with E-state index in [9.17, 15) is 4.79 Å². The zero-order chi connectivity index (χ0) is 13.5. The number of nitrogens with one attached hydrogen (secondary N) is 1. The lowest BCUT2D eigenvalue weighted by Gasteiger charge is -2.53. The smallest absolute Gasteiger partial charge is 0.223 e. The summed E-state index contributed by atoms with van der Waals surface area (Å²) in [6.07, 6.45) is 7.76. The Hall–Kier alpha value is -0.830. The number of amides is 1. The van der Waals surface area contributed by atoms with Crippen molar-refractivity contribution in [1.29, 1.82) is 0 Å². The fraction of sp³-hybridized carbons (Fsp3) is 0.706. The van der Waals surface area contributed by atoms with Gasteiger partial charge in [0.05, 0.1) is 0 Å². The Morgan fingerprint density at radius 2 is 1.85 bits per heavy atom. The first-order valence-corrected chi connectivity index (χ1v) is 8.97. The van der Waals surface area contributed by atoms with Crippen molar-refractivity contribution >= 4 is 17.2 Å². The SMILES string of the molecule is O=C(NCCc1cccs1)C1C2CC3CC(C2)CC1C3. The fourth-order valence-electron chi connectivity index (χ4n) is 5.23. The van der Waals surface area contributed by atoms with E-state index in [4.69, 9.17) is 0 Å². The molecule has 4 bridgehead atoms. The minimum atomic E-state index is 0.339. The van der Waals surface area contributed by atoms with Crippen molar-refractivity contribution < 1.29 is 4.79 Å². The number of thiophene rings is 1. The first-order chi connectivity index (χ1) is 9.79. The molecule has 4 aliphatic rings. The molecule has 2 nitrogen and oxygen atoms in total. The van der Waals surface area contributed by atoms with E-state index in [1.165, 1.54) is 37.0 Å². The third kappa shape index (κ3) is 2.30. The molecule has 3 heteroatoms. The Kier molecular flexibility index (Phi) is 3.33. The first kappa shape index (κ1) is 12.9. The molecule has 20 heavy (non-hydrogen) atoms. The molecule has 0 aromatic carbocycles. The van der Waals surface area contributed by atoms with E-state index in [1.807, 2.05) is 0 Å². The minimum absolute atomic E-state index is 0.339. The molecular formula is C17H23NOS. The molecule has 4 aliphatic carbocycles. The highest BCUT2D eigenvalue weighted by Gasteiger charge is 2.50. The lowest BCUT2D eigenvalue weighted by Crippen LogP contribution is -2.51. The second-order valence-corrected chi connectivity index (χ2v) is 8.11. The highest BCUT2D eigenvalue weighted by atomic mass is 32.1. The van der Waals surface area contributed by atoms with Crippen LogP contribution in [0.15, 0.2) is 17.5 Å². The predicted molar refractivity (Wildman–Crippen MR) is 81.6 cm³/mol. The number of rotatable bonds is 4. The van der Waals surface area contributed by atoms with Gasteiger partial charge >= 0.3 is 0 Å². The van der Waals surface area contributed by atoms with Crippen molar-refractivity contribution in [2.75, 3.05) is 6.54 Å². The molecule has 5 rings (SSSR count). The lowest BCUT2D eigenvalue weighted by molar-refractivity contribution is -0.138. The van der Waals surface area contributed by atoms with E-state index in [1.54, 1.807) is 11.3 Å². The largest absolute Gasteiger partial charge is 0.355 e. The van der Waals surface area contributed by atoms with E-state index in [2.05, 4.69) is 22.8 Å². The van der Waals surface area contributed by atoms with Crippen LogP contribution in [-0.2, 0) is 11.2 Å². The molecule has 0 unspecified atom stereocenters. The van der Waals surface area contributed by atoms with Crippen LogP contribution in [0.5, 0.6) is 0 Å². The molecule has 0 aliphatic heterocycles. The van der Waals surface area contributed by atoms with Crippen molar-refractivity contribution in [1.82, 2.24) is 5.32 Å². The van der Waals surface area contributed by atoms with Gasteiger partial charge in [0.1, 0.15) is 0 Å². The summed E-state index contributed by atoms with van der Waals surface area (Å²) < 4.78 is 0. The Balaban J connectivity index is 1.34. The Morgan fingerprint density at radius 1 is 1.15 bits per heavy atom. The van der Waals surface area contributed by atoms with Gasteiger partial charge in [-0.3, -0.25) is 4.79 Å². The van der Waals surface area contributed by atoms with Gasteiger partial charge in [-0.1, -0.05) is 6.07 Å². The summed E-state index contributed by atoms with van der Waals surface area (Å²) in [5.74, 6) is 4.00. The summed E-state index contributed by atoms with van der Waals surface area (Å²) in [6, 6.07) is 4.24. The summed E-state index contributed by atoms with van der Waals surface area (Å²) in [4.78, 5) is 13.9. The van der Waals surface area contributed by atoms with Gasteiger partial charge < -0.3 is 5.32 Å². The van der Waals surface area contributed by atoms with Gasteiger partial charge in [-0.2, -0.15) is 0 Å².